The number of carbonyl (C=O) groups is 1. The lowest BCUT2D eigenvalue weighted by Gasteiger charge is -2.10. The van der Waals surface area contributed by atoms with Gasteiger partial charge in [0.25, 0.3) is 5.56 Å². The molecule has 0 saturated carbocycles. The van der Waals surface area contributed by atoms with E-state index in [9.17, 15) is 9.59 Å². The van der Waals surface area contributed by atoms with Crippen LogP contribution in [0.15, 0.2) is 59.4 Å². The Labute approximate surface area is 170 Å². The van der Waals surface area contributed by atoms with E-state index in [1.807, 2.05) is 56.3 Å². The lowest BCUT2D eigenvalue weighted by Crippen LogP contribution is -2.23. The van der Waals surface area contributed by atoms with Gasteiger partial charge in [0.2, 0.25) is 5.91 Å². The highest BCUT2D eigenvalue weighted by Crippen LogP contribution is 2.21. The van der Waals surface area contributed by atoms with E-state index in [1.165, 1.54) is 10.7 Å². The Hall–Kier alpha value is -3.41. The van der Waals surface area contributed by atoms with Crippen molar-refractivity contribution in [3.05, 3.63) is 76.1 Å². The molecule has 1 amide bonds. The molecule has 0 unspecified atom stereocenters. The molecule has 0 aliphatic rings. The number of nitrogens with one attached hydrogen (secondary N) is 1. The molecular weight excluding hydrogens is 366 g/mol. The summed E-state index contributed by atoms with van der Waals surface area (Å²) in [6.07, 6.45) is 0.829. The molecular formula is C23H25N3O3. The van der Waals surface area contributed by atoms with Gasteiger partial charge >= 0.3 is 0 Å². The number of anilines is 1. The fourth-order valence-corrected chi connectivity index (χ4v) is 3.10. The quantitative estimate of drug-likeness (QED) is 0.662. The molecule has 2 aromatic carbocycles. The molecule has 0 radical (unpaired) electrons. The Kier molecular flexibility index (Phi) is 6.44. The van der Waals surface area contributed by atoms with Crippen LogP contribution >= 0.6 is 0 Å². The van der Waals surface area contributed by atoms with E-state index in [1.54, 1.807) is 13.2 Å². The first-order chi connectivity index (χ1) is 14.0. The first kappa shape index (κ1) is 20.3. The van der Waals surface area contributed by atoms with Crippen LogP contribution in [0.25, 0.3) is 11.3 Å². The molecule has 0 atom stereocenters. The summed E-state index contributed by atoms with van der Waals surface area (Å²) in [5.41, 5.74) is 4.36. The van der Waals surface area contributed by atoms with Gasteiger partial charge in [0, 0.05) is 30.3 Å². The van der Waals surface area contributed by atoms with Crippen molar-refractivity contribution in [3.63, 3.8) is 0 Å². The van der Waals surface area contributed by atoms with Gasteiger partial charge in [-0.15, -0.1) is 0 Å². The van der Waals surface area contributed by atoms with Gasteiger partial charge in [-0.25, -0.2) is 4.68 Å². The number of nitrogens with zero attached hydrogens (tertiary/aromatic N) is 2. The molecule has 0 aliphatic heterocycles. The smallest absolute Gasteiger partial charge is 0.266 e. The van der Waals surface area contributed by atoms with Crippen LogP contribution < -0.4 is 15.6 Å². The second kappa shape index (κ2) is 9.19. The first-order valence-electron chi connectivity index (χ1n) is 9.56. The molecule has 1 N–H and O–H groups in total. The molecule has 3 rings (SSSR count). The SMILES string of the molecule is COc1cccc(-c2ccc(=O)n(CCCC(=O)Nc3ccc(C)cc3C)n2)c1. The minimum absolute atomic E-state index is 0.0750. The molecule has 0 aliphatic carbocycles. The molecule has 1 aromatic heterocycles. The molecule has 0 bridgehead atoms. The third-order valence-electron chi connectivity index (χ3n) is 4.66. The van der Waals surface area contributed by atoms with Crippen LogP contribution in [0.2, 0.25) is 0 Å². The van der Waals surface area contributed by atoms with Crippen molar-refractivity contribution < 1.29 is 9.53 Å². The largest absolute Gasteiger partial charge is 0.497 e. The molecule has 6 nitrogen and oxygen atoms in total. The van der Waals surface area contributed by atoms with Crippen molar-refractivity contribution >= 4 is 11.6 Å². The second-order valence-corrected chi connectivity index (χ2v) is 6.98. The Morgan fingerprint density at radius 2 is 1.93 bits per heavy atom. The van der Waals surface area contributed by atoms with Crippen molar-refractivity contribution in [1.29, 1.82) is 0 Å². The standard InChI is InChI=1S/C23H25N3O3/c1-16-9-10-20(17(2)14-16)24-22(27)8-5-13-26-23(28)12-11-21(25-26)18-6-4-7-19(15-18)29-3/h4,6-7,9-12,14-15H,5,8,13H2,1-3H3,(H,24,27). The van der Waals surface area contributed by atoms with Crippen LogP contribution in [-0.2, 0) is 11.3 Å². The van der Waals surface area contributed by atoms with Gasteiger partial charge in [-0.05, 0) is 50.1 Å². The van der Waals surface area contributed by atoms with E-state index < -0.39 is 0 Å². The fourth-order valence-electron chi connectivity index (χ4n) is 3.10. The predicted molar refractivity (Wildman–Crippen MR) is 114 cm³/mol. The van der Waals surface area contributed by atoms with Gasteiger partial charge in [0.15, 0.2) is 0 Å². The number of aromatic nitrogens is 2. The Morgan fingerprint density at radius 3 is 2.69 bits per heavy atom. The number of carbonyl (C=O) groups excluding carboxylic acids is 1. The van der Waals surface area contributed by atoms with Crippen LogP contribution in [0.5, 0.6) is 5.75 Å². The van der Waals surface area contributed by atoms with Gasteiger partial charge < -0.3 is 10.1 Å². The molecule has 0 spiro atoms. The Morgan fingerprint density at radius 1 is 1.10 bits per heavy atom. The molecule has 150 valence electrons. The molecule has 29 heavy (non-hydrogen) atoms. The van der Waals surface area contributed by atoms with Crippen LogP contribution in [-0.4, -0.2) is 22.8 Å². The normalized spacial score (nSPS) is 10.6. The number of hydrogen-bond donors (Lipinski definition) is 1. The van der Waals surface area contributed by atoms with Crippen molar-refractivity contribution in [3.8, 4) is 17.0 Å². The van der Waals surface area contributed by atoms with E-state index in [0.717, 1.165) is 28.1 Å². The minimum atomic E-state index is -0.188. The summed E-state index contributed by atoms with van der Waals surface area (Å²) in [4.78, 5) is 24.4. The number of benzene rings is 2. The van der Waals surface area contributed by atoms with E-state index in [4.69, 9.17) is 4.74 Å². The highest BCUT2D eigenvalue weighted by molar-refractivity contribution is 5.91. The number of aryl methyl sites for hydroxylation is 3. The summed E-state index contributed by atoms with van der Waals surface area (Å²) in [6.45, 7) is 4.36. The maximum absolute atomic E-state index is 12.3. The third kappa shape index (κ3) is 5.31. The predicted octanol–water partition coefficient (Wildman–Crippen LogP) is 3.95. The summed E-state index contributed by atoms with van der Waals surface area (Å²) in [6, 6.07) is 16.6. The maximum atomic E-state index is 12.3. The van der Waals surface area contributed by atoms with Crippen LogP contribution in [0.1, 0.15) is 24.0 Å². The summed E-state index contributed by atoms with van der Waals surface area (Å²) < 4.78 is 6.65. The molecule has 1 heterocycles. The van der Waals surface area contributed by atoms with E-state index in [0.29, 0.717) is 25.1 Å². The van der Waals surface area contributed by atoms with E-state index in [2.05, 4.69) is 10.4 Å². The highest BCUT2D eigenvalue weighted by Gasteiger charge is 2.08. The number of amides is 1. The molecule has 0 fully saturated rings. The van der Waals surface area contributed by atoms with Crippen LogP contribution in [0, 0.1) is 13.8 Å². The van der Waals surface area contributed by atoms with Gasteiger partial charge in [-0.3, -0.25) is 9.59 Å². The Balaban J connectivity index is 1.63. The van der Waals surface area contributed by atoms with Gasteiger partial charge in [0.1, 0.15) is 5.75 Å². The second-order valence-electron chi connectivity index (χ2n) is 6.98. The molecule has 3 aromatic rings. The average molecular weight is 391 g/mol. The minimum Gasteiger partial charge on any atom is -0.497 e. The lowest BCUT2D eigenvalue weighted by atomic mass is 10.1. The van der Waals surface area contributed by atoms with Gasteiger partial charge in [-0.1, -0.05) is 29.8 Å². The average Bonchev–Trinajstić information content (AvgIpc) is 2.71. The van der Waals surface area contributed by atoms with Crippen LogP contribution in [0.4, 0.5) is 5.69 Å². The monoisotopic (exact) mass is 391 g/mol. The third-order valence-corrected chi connectivity index (χ3v) is 4.66. The number of rotatable bonds is 7. The molecule has 6 heteroatoms. The summed E-state index contributed by atoms with van der Waals surface area (Å²) >= 11 is 0. The Bertz CT molecular complexity index is 1070. The van der Waals surface area contributed by atoms with Gasteiger partial charge in [0.05, 0.1) is 12.8 Å². The van der Waals surface area contributed by atoms with E-state index >= 15 is 0 Å². The zero-order valence-electron chi connectivity index (χ0n) is 16.9. The maximum Gasteiger partial charge on any atom is 0.266 e. The molecule has 0 saturated heterocycles. The number of methoxy groups -OCH3 is 1. The summed E-state index contributed by atoms with van der Waals surface area (Å²) in [5, 5.41) is 7.37. The summed E-state index contributed by atoms with van der Waals surface area (Å²) in [7, 11) is 1.61. The van der Waals surface area contributed by atoms with Crippen molar-refractivity contribution in [1.82, 2.24) is 9.78 Å². The van der Waals surface area contributed by atoms with Crippen molar-refractivity contribution in [2.75, 3.05) is 12.4 Å². The van der Waals surface area contributed by atoms with Gasteiger partial charge in [-0.2, -0.15) is 5.10 Å². The zero-order chi connectivity index (χ0) is 20.8. The number of ether oxygens (including phenoxy) is 1. The number of hydrogen-bond acceptors (Lipinski definition) is 4. The van der Waals surface area contributed by atoms with Crippen LogP contribution in [0.3, 0.4) is 0 Å². The van der Waals surface area contributed by atoms with E-state index in [-0.39, 0.29) is 11.5 Å². The first-order valence-corrected chi connectivity index (χ1v) is 9.56. The van der Waals surface area contributed by atoms with Crippen molar-refractivity contribution in [2.24, 2.45) is 0 Å². The zero-order valence-corrected chi connectivity index (χ0v) is 16.9. The summed E-state index contributed by atoms with van der Waals surface area (Å²) in [5.74, 6) is 0.652. The fraction of sp³-hybridized carbons (Fsp3) is 0.261. The highest BCUT2D eigenvalue weighted by atomic mass is 16.5. The lowest BCUT2D eigenvalue weighted by molar-refractivity contribution is -0.116. The van der Waals surface area contributed by atoms with Crippen molar-refractivity contribution in [2.45, 2.75) is 33.2 Å². The topological polar surface area (TPSA) is 73.2 Å².